The number of hydrogen-bond donors (Lipinski definition) is 1. The van der Waals surface area contributed by atoms with Gasteiger partial charge in [0, 0.05) is 30.6 Å². The van der Waals surface area contributed by atoms with Gasteiger partial charge in [0.2, 0.25) is 15.9 Å². The number of nitrogens with one attached hydrogen (secondary N) is 1. The Labute approximate surface area is 141 Å². The van der Waals surface area contributed by atoms with Gasteiger partial charge in [0.25, 0.3) is 0 Å². The van der Waals surface area contributed by atoms with Crippen LogP contribution >= 0.6 is 0 Å². The Bertz CT molecular complexity index is 837. The third-order valence-corrected chi connectivity index (χ3v) is 5.44. The first-order chi connectivity index (χ1) is 11.4. The molecule has 3 rings (SSSR count). The van der Waals surface area contributed by atoms with E-state index in [0.717, 1.165) is 23.8 Å². The molecule has 6 nitrogen and oxygen atoms in total. The first-order valence-corrected chi connectivity index (χ1v) is 9.69. The number of carbonyl (C=O) groups is 1. The highest BCUT2D eigenvalue weighted by Crippen LogP contribution is 2.20. The molecule has 1 aliphatic rings. The van der Waals surface area contributed by atoms with Crippen LogP contribution in [0.2, 0.25) is 0 Å². The fourth-order valence-electron chi connectivity index (χ4n) is 2.97. The van der Waals surface area contributed by atoms with Crippen molar-refractivity contribution >= 4 is 33.0 Å². The molecule has 0 radical (unpaired) electrons. The van der Waals surface area contributed by atoms with Gasteiger partial charge in [-0.3, -0.25) is 4.79 Å². The standard InChI is InChI=1S/C17H20N2O4S/c1-24(21,22)19-10-4-6-14(19)12-18-17(20)9-8-15-11-13-5-2-3-7-16(13)23-15/h2-3,5,7-9,11,14H,4,6,10,12H2,1H3,(H,18,20)/b9-8+/t14-/m1/s1. The van der Waals surface area contributed by atoms with Crippen molar-refractivity contribution in [2.75, 3.05) is 19.3 Å². The number of nitrogens with zero attached hydrogens (tertiary/aromatic N) is 1. The zero-order valence-electron chi connectivity index (χ0n) is 13.4. The van der Waals surface area contributed by atoms with Crippen molar-refractivity contribution in [2.45, 2.75) is 18.9 Å². The van der Waals surface area contributed by atoms with Crippen LogP contribution in [0, 0.1) is 0 Å². The fraction of sp³-hybridized carbons (Fsp3) is 0.353. The summed E-state index contributed by atoms with van der Waals surface area (Å²) in [6, 6.07) is 9.32. The maximum atomic E-state index is 11.9. The molecule has 0 spiro atoms. The smallest absolute Gasteiger partial charge is 0.244 e. The van der Waals surface area contributed by atoms with Crippen molar-refractivity contribution < 1.29 is 17.6 Å². The van der Waals surface area contributed by atoms with Gasteiger partial charge in [0.15, 0.2) is 0 Å². The molecule has 1 saturated heterocycles. The third kappa shape index (κ3) is 3.85. The molecule has 2 heterocycles. The van der Waals surface area contributed by atoms with Gasteiger partial charge >= 0.3 is 0 Å². The van der Waals surface area contributed by atoms with E-state index in [0.29, 0.717) is 18.8 Å². The topological polar surface area (TPSA) is 79.6 Å². The maximum Gasteiger partial charge on any atom is 0.244 e. The van der Waals surface area contributed by atoms with Crippen LogP contribution in [0.5, 0.6) is 0 Å². The molecule has 1 amide bonds. The summed E-state index contributed by atoms with van der Waals surface area (Å²) in [5.74, 6) is 0.334. The summed E-state index contributed by atoms with van der Waals surface area (Å²) in [7, 11) is -3.22. The normalized spacial score (nSPS) is 19.3. The van der Waals surface area contributed by atoms with E-state index in [2.05, 4.69) is 5.32 Å². The first-order valence-electron chi connectivity index (χ1n) is 7.85. The Hall–Kier alpha value is -2.12. The van der Waals surface area contributed by atoms with Crippen LogP contribution in [-0.2, 0) is 14.8 Å². The van der Waals surface area contributed by atoms with Crippen molar-refractivity contribution in [3.8, 4) is 0 Å². The average Bonchev–Trinajstić information content (AvgIpc) is 3.16. The summed E-state index contributed by atoms with van der Waals surface area (Å²) in [4.78, 5) is 11.9. The van der Waals surface area contributed by atoms with E-state index >= 15 is 0 Å². The maximum absolute atomic E-state index is 11.9. The van der Waals surface area contributed by atoms with E-state index in [1.54, 1.807) is 6.08 Å². The molecule has 1 fully saturated rings. The lowest BCUT2D eigenvalue weighted by molar-refractivity contribution is -0.116. The second-order valence-electron chi connectivity index (χ2n) is 5.93. The number of amides is 1. The highest BCUT2D eigenvalue weighted by Gasteiger charge is 2.31. The third-order valence-electron chi connectivity index (χ3n) is 4.10. The zero-order chi connectivity index (χ0) is 17.2. The lowest BCUT2D eigenvalue weighted by atomic mass is 10.2. The minimum atomic E-state index is -3.22. The summed E-state index contributed by atoms with van der Waals surface area (Å²) < 4.78 is 30.4. The minimum absolute atomic E-state index is 0.163. The van der Waals surface area contributed by atoms with Crippen LogP contribution < -0.4 is 5.32 Å². The predicted octanol–water partition coefficient (Wildman–Crippen LogP) is 1.99. The second kappa shape index (κ2) is 6.78. The zero-order valence-corrected chi connectivity index (χ0v) is 14.3. The molecule has 24 heavy (non-hydrogen) atoms. The van der Waals surface area contributed by atoms with Gasteiger partial charge in [-0.05, 0) is 31.1 Å². The molecule has 1 N–H and O–H groups in total. The van der Waals surface area contributed by atoms with Crippen LogP contribution in [0.15, 0.2) is 40.8 Å². The Morgan fingerprint density at radius 3 is 2.96 bits per heavy atom. The molecule has 1 aromatic carbocycles. The van der Waals surface area contributed by atoms with Gasteiger partial charge in [-0.25, -0.2) is 8.42 Å². The van der Waals surface area contributed by atoms with E-state index in [9.17, 15) is 13.2 Å². The number of para-hydroxylation sites is 1. The highest BCUT2D eigenvalue weighted by molar-refractivity contribution is 7.88. The quantitative estimate of drug-likeness (QED) is 0.838. The number of rotatable bonds is 5. The molecular formula is C17H20N2O4S. The summed E-state index contributed by atoms with van der Waals surface area (Å²) in [6.07, 6.45) is 5.80. The van der Waals surface area contributed by atoms with Crippen LogP contribution in [0.4, 0.5) is 0 Å². The number of benzene rings is 1. The number of carbonyl (C=O) groups excluding carboxylic acids is 1. The molecule has 128 valence electrons. The van der Waals surface area contributed by atoms with E-state index in [1.807, 2.05) is 30.3 Å². The minimum Gasteiger partial charge on any atom is -0.457 e. The van der Waals surface area contributed by atoms with Crippen molar-refractivity contribution in [2.24, 2.45) is 0 Å². The van der Waals surface area contributed by atoms with E-state index in [-0.39, 0.29) is 11.9 Å². The number of fused-ring (bicyclic) bond motifs is 1. The number of hydrogen-bond acceptors (Lipinski definition) is 4. The highest BCUT2D eigenvalue weighted by atomic mass is 32.2. The molecule has 0 bridgehead atoms. The van der Waals surface area contributed by atoms with Crippen molar-refractivity contribution in [3.63, 3.8) is 0 Å². The molecular weight excluding hydrogens is 328 g/mol. The van der Waals surface area contributed by atoms with Gasteiger partial charge in [-0.1, -0.05) is 18.2 Å². The van der Waals surface area contributed by atoms with Crippen LogP contribution in [0.3, 0.4) is 0 Å². The fourth-order valence-corrected chi connectivity index (χ4v) is 4.15. The molecule has 1 aliphatic heterocycles. The van der Waals surface area contributed by atoms with Crippen molar-refractivity contribution in [1.82, 2.24) is 9.62 Å². The second-order valence-corrected chi connectivity index (χ2v) is 7.87. The SMILES string of the molecule is CS(=O)(=O)N1CCC[C@@H]1CNC(=O)/C=C/c1cc2ccccc2o1. The molecule has 7 heteroatoms. The summed E-state index contributed by atoms with van der Waals surface area (Å²) in [6.45, 7) is 0.838. The van der Waals surface area contributed by atoms with E-state index < -0.39 is 10.0 Å². The Morgan fingerprint density at radius 1 is 1.42 bits per heavy atom. The first kappa shape index (κ1) is 16.7. The molecule has 0 unspecified atom stereocenters. The number of sulfonamides is 1. The van der Waals surface area contributed by atoms with Gasteiger partial charge in [-0.15, -0.1) is 0 Å². The molecule has 1 aromatic heterocycles. The molecule has 0 saturated carbocycles. The van der Waals surface area contributed by atoms with Gasteiger partial charge in [0.1, 0.15) is 11.3 Å². The summed E-state index contributed by atoms with van der Waals surface area (Å²) in [5, 5.41) is 3.74. The van der Waals surface area contributed by atoms with Crippen molar-refractivity contribution in [1.29, 1.82) is 0 Å². The van der Waals surface area contributed by atoms with Crippen LogP contribution in [0.25, 0.3) is 17.0 Å². The molecule has 0 aliphatic carbocycles. The lowest BCUT2D eigenvalue weighted by Crippen LogP contribution is -2.42. The van der Waals surface area contributed by atoms with Gasteiger partial charge < -0.3 is 9.73 Å². The van der Waals surface area contributed by atoms with Gasteiger partial charge in [0.05, 0.1) is 6.26 Å². The summed E-state index contributed by atoms with van der Waals surface area (Å²) >= 11 is 0. The van der Waals surface area contributed by atoms with Crippen molar-refractivity contribution in [3.05, 3.63) is 42.2 Å². The van der Waals surface area contributed by atoms with Gasteiger partial charge in [-0.2, -0.15) is 4.31 Å². The Balaban J connectivity index is 1.57. The Morgan fingerprint density at radius 2 is 2.21 bits per heavy atom. The lowest BCUT2D eigenvalue weighted by Gasteiger charge is -2.21. The monoisotopic (exact) mass is 348 g/mol. The predicted molar refractivity (Wildman–Crippen MR) is 92.8 cm³/mol. The Kier molecular flexibility index (Phi) is 4.73. The van der Waals surface area contributed by atoms with E-state index in [1.165, 1.54) is 16.6 Å². The van der Waals surface area contributed by atoms with E-state index in [4.69, 9.17) is 4.42 Å². The van der Waals surface area contributed by atoms with Crippen LogP contribution in [0.1, 0.15) is 18.6 Å². The molecule has 2 aromatic rings. The molecule has 1 atom stereocenters. The average molecular weight is 348 g/mol. The largest absolute Gasteiger partial charge is 0.457 e. The van der Waals surface area contributed by atoms with Crippen LogP contribution in [-0.4, -0.2) is 44.0 Å². The summed E-state index contributed by atoms with van der Waals surface area (Å²) in [5.41, 5.74) is 0.771. The number of furan rings is 1.